The van der Waals surface area contributed by atoms with Crippen LogP contribution >= 0.6 is 0 Å². The summed E-state index contributed by atoms with van der Waals surface area (Å²) in [6, 6.07) is 6.34. The number of benzene rings is 1. The molecule has 1 aliphatic rings. The van der Waals surface area contributed by atoms with Crippen molar-refractivity contribution in [2.24, 2.45) is 0 Å². The van der Waals surface area contributed by atoms with Gasteiger partial charge < -0.3 is 20.5 Å². The number of amides is 2. The van der Waals surface area contributed by atoms with Crippen LogP contribution in [0.2, 0.25) is 0 Å². The van der Waals surface area contributed by atoms with Crippen LogP contribution < -0.4 is 15.4 Å². The van der Waals surface area contributed by atoms with Gasteiger partial charge in [0.25, 0.3) is 0 Å². The number of hydrogen-bond donors (Lipinski definition) is 3. The molecule has 1 fully saturated rings. The van der Waals surface area contributed by atoms with Gasteiger partial charge in [0.2, 0.25) is 0 Å². The minimum atomic E-state index is -1.04. The zero-order chi connectivity index (χ0) is 13.9. The van der Waals surface area contributed by atoms with Crippen molar-refractivity contribution in [3.05, 3.63) is 24.3 Å². The number of carbonyl (C=O) groups excluding carboxylic acids is 1. The molecule has 0 unspecified atom stereocenters. The molecule has 102 valence electrons. The molecule has 3 N–H and O–H groups in total. The van der Waals surface area contributed by atoms with Crippen molar-refractivity contribution in [3.63, 3.8) is 0 Å². The fourth-order valence-electron chi connectivity index (χ4n) is 1.56. The maximum absolute atomic E-state index is 11.7. The van der Waals surface area contributed by atoms with E-state index in [0.29, 0.717) is 11.4 Å². The average Bonchev–Trinajstić information content (AvgIpc) is 3.04. The number of carbonyl (C=O) groups is 2. The molecule has 6 heteroatoms. The lowest BCUT2D eigenvalue weighted by molar-refractivity contribution is -0.139. The second-order valence-corrected chi connectivity index (χ2v) is 4.85. The maximum atomic E-state index is 11.7. The summed E-state index contributed by atoms with van der Waals surface area (Å²) in [7, 11) is 0. The Labute approximate surface area is 110 Å². The van der Waals surface area contributed by atoms with Gasteiger partial charge in [-0.15, -0.1) is 0 Å². The Balaban J connectivity index is 1.90. The molecule has 0 aliphatic heterocycles. The Morgan fingerprint density at radius 2 is 2.16 bits per heavy atom. The average molecular weight is 264 g/mol. The SMILES string of the molecule is CC1(NC(=O)Nc2cccc(OCC(=O)O)c2)CC1. The van der Waals surface area contributed by atoms with Crippen LogP contribution in [-0.2, 0) is 4.79 Å². The van der Waals surface area contributed by atoms with Crippen LogP contribution in [0, 0.1) is 0 Å². The molecule has 0 spiro atoms. The van der Waals surface area contributed by atoms with Crippen molar-refractivity contribution in [3.8, 4) is 5.75 Å². The minimum absolute atomic E-state index is 0.0818. The zero-order valence-corrected chi connectivity index (χ0v) is 10.6. The highest BCUT2D eigenvalue weighted by atomic mass is 16.5. The summed E-state index contributed by atoms with van der Waals surface area (Å²) in [5, 5.41) is 14.1. The fourth-order valence-corrected chi connectivity index (χ4v) is 1.56. The molecule has 1 aromatic carbocycles. The number of carboxylic acids is 1. The van der Waals surface area contributed by atoms with E-state index in [1.54, 1.807) is 24.3 Å². The molecular formula is C13H16N2O4. The Morgan fingerprint density at radius 3 is 2.79 bits per heavy atom. The van der Waals surface area contributed by atoms with Gasteiger partial charge in [0.1, 0.15) is 5.75 Å². The van der Waals surface area contributed by atoms with Crippen LogP contribution in [0.4, 0.5) is 10.5 Å². The first-order valence-electron chi connectivity index (χ1n) is 6.01. The van der Waals surface area contributed by atoms with Crippen molar-refractivity contribution in [2.45, 2.75) is 25.3 Å². The summed E-state index contributed by atoms with van der Waals surface area (Å²) in [6.45, 7) is 1.58. The van der Waals surface area contributed by atoms with Crippen LogP contribution in [0.3, 0.4) is 0 Å². The summed E-state index contributed by atoms with van der Waals surface area (Å²) in [5.74, 6) is -0.643. The Kier molecular flexibility index (Phi) is 3.59. The van der Waals surface area contributed by atoms with E-state index in [0.717, 1.165) is 12.8 Å². The third-order valence-corrected chi connectivity index (χ3v) is 2.87. The van der Waals surface area contributed by atoms with Gasteiger partial charge in [-0.25, -0.2) is 9.59 Å². The highest BCUT2D eigenvalue weighted by Crippen LogP contribution is 2.34. The smallest absolute Gasteiger partial charge is 0.341 e. The van der Waals surface area contributed by atoms with E-state index < -0.39 is 12.6 Å². The number of ether oxygens (including phenoxy) is 1. The number of anilines is 1. The van der Waals surface area contributed by atoms with Crippen LogP contribution in [0.15, 0.2) is 24.3 Å². The third kappa shape index (κ3) is 4.17. The molecule has 0 aromatic heterocycles. The van der Waals surface area contributed by atoms with Gasteiger partial charge in [-0.2, -0.15) is 0 Å². The monoisotopic (exact) mass is 264 g/mol. The maximum Gasteiger partial charge on any atom is 0.341 e. The largest absolute Gasteiger partial charge is 0.482 e. The standard InChI is InChI=1S/C13H16N2O4/c1-13(5-6-13)15-12(18)14-9-3-2-4-10(7-9)19-8-11(16)17/h2-4,7H,5-6,8H2,1H3,(H,16,17)(H2,14,15,18). The molecule has 0 radical (unpaired) electrons. The normalized spacial score (nSPS) is 15.4. The molecule has 1 aromatic rings. The topological polar surface area (TPSA) is 87.7 Å². The predicted octanol–water partition coefficient (Wildman–Crippen LogP) is 1.82. The molecule has 2 amide bonds. The quantitative estimate of drug-likeness (QED) is 0.757. The van der Waals surface area contributed by atoms with E-state index in [4.69, 9.17) is 9.84 Å². The molecule has 1 aliphatic carbocycles. The van der Waals surface area contributed by atoms with E-state index in [1.165, 1.54) is 0 Å². The van der Waals surface area contributed by atoms with E-state index in [-0.39, 0.29) is 11.6 Å². The van der Waals surface area contributed by atoms with Gasteiger partial charge in [-0.3, -0.25) is 0 Å². The number of nitrogens with one attached hydrogen (secondary N) is 2. The fraction of sp³-hybridized carbons (Fsp3) is 0.385. The molecule has 6 nitrogen and oxygen atoms in total. The third-order valence-electron chi connectivity index (χ3n) is 2.87. The number of urea groups is 1. The number of carboxylic acid groups (broad SMARTS) is 1. The van der Waals surface area contributed by atoms with Gasteiger partial charge in [-0.1, -0.05) is 6.07 Å². The lowest BCUT2D eigenvalue weighted by atomic mass is 10.3. The number of hydrogen-bond acceptors (Lipinski definition) is 3. The molecule has 0 atom stereocenters. The first-order chi connectivity index (χ1) is 8.97. The molecular weight excluding hydrogens is 248 g/mol. The molecule has 0 heterocycles. The summed E-state index contributed by atoms with van der Waals surface area (Å²) in [4.78, 5) is 22.1. The lowest BCUT2D eigenvalue weighted by Crippen LogP contribution is -2.37. The van der Waals surface area contributed by atoms with E-state index >= 15 is 0 Å². The first-order valence-corrected chi connectivity index (χ1v) is 6.01. The van der Waals surface area contributed by atoms with Gasteiger partial charge in [0.15, 0.2) is 6.61 Å². The van der Waals surface area contributed by atoms with Crippen LogP contribution in [0.5, 0.6) is 5.75 Å². The van der Waals surface area contributed by atoms with Crippen molar-refractivity contribution < 1.29 is 19.4 Å². The van der Waals surface area contributed by atoms with Crippen molar-refractivity contribution in [1.29, 1.82) is 0 Å². The summed E-state index contributed by atoms with van der Waals surface area (Å²) < 4.78 is 5.03. The summed E-state index contributed by atoms with van der Waals surface area (Å²) in [6.07, 6.45) is 1.98. The zero-order valence-electron chi connectivity index (χ0n) is 10.6. The molecule has 0 bridgehead atoms. The molecule has 2 rings (SSSR count). The second-order valence-electron chi connectivity index (χ2n) is 4.85. The minimum Gasteiger partial charge on any atom is -0.482 e. The molecule has 1 saturated carbocycles. The van der Waals surface area contributed by atoms with E-state index in [2.05, 4.69) is 10.6 Å². The summed E-state index contributed by atoms with van der Waals surface area (Å²) in [5.41, 5.74) is 0.478. The van der Waals surface area contributed by atoms with Gasteiger partial charge >= 0.3 is 12.0 Å². The Hall–Kier alpha value is -2.24. The van der Waals surface area contributed by atoms with E-state index in [9.17, 15) is 9.59 Å². The van der Waals surface area contributed by atoms with Crippen LogP contribution in [0.1, 0.15) is 19.8 Å². The van der Waals surface area contributed by atoms with E-state index in [1.807, 2.05) is 6.92 Å². The van der Waals surface area contributed by atoms with Gasteiger partial charge in [0, 0.05) is 17.3 Å². The molecule has 0 saturated heterocycles. The number of aliphatic carboxylic acids is 1. The Morgan fingerprint density at radius 1 is 1.42 bits per heavy atom. The highest BCUT2D eigenvalue weighted by Gasteiger charge is 2.38. The predicted molar refractivity (Wildman–Crippen MR) is 69.4 cm³/mol. The Bertz CT molecular complexity index is 497. The van der Waals surface area contributed by atoms with Crippen LogP contribution in [0.25, 0.3) is 0 Å². The summed E-state index contributed by atoms with van der Waals surface area (Å²) >= 11 is 0. The van der Waals surface area contributed by atoms with Crippen LogP contribution in [-0.4, -0.2) is 29.3 Å². The van der Waals surface area contributed by atoms with Crippen molar-refractivity contribution >= 4 is 17.7 Å². The number of rotatable bonds is 5. The second kappa shape index (κ2) is 5.17. The van der Waals surface area contributed by atoms with Crippen molar-refractivity contribution in [2.75, 3.05) is 11.9 Å². The van der Waals surface area contributed by atoms with Crippen molar-refractivity contribution in [1.82, 2.24) is 5.32 Å². The first kappa shape index (κ1) is 13.2. The lowest BCUT2D eigenvalue weighted by Gasteiger charge is -2.13. The highest BCUT2D eigenvalue weighted by molar-refractivity contribution is 5.90. The molecule has 19 heavy (non-hydrogen) atoms. The van der Waals surface area contributed by atoms with Gasteiger partial charge in [-0.05, 0) is 31.9 Å². The van der Waals surface area contributed by atoms with Gasteiger partial charge in [0.05, 0.1) is 0 Å².